The van der Waals surface area contributed by atoms with E-state index in [0.29, 0.717) is 12.4 Å². The van der Waals surface area contributed by atoms with Crippen LogP contribution in [0.25, 0.3) is 0 Å². The van der Waals surface area contributed by atoms with Crippen LogP contribution in [0.15, 0.2) is 12.1 Å². The maximum absolute atomic E-state index is 13.5. The minimum Gasteiger partial charge on any atom is -0.494 e. The number of fused-ring (bicyclic) bond motifs is 1. The summed E-state index contributed by atoms with van der Waals surface area (Å²) in [6, 6.07) is 3.13. The molecule has 0 bridgehead atoms. The van der Waals surface area contributed by atoms with E-state index in [1.54, 1.807) is 6.07 Å². The molecule has 1 aromatic carbocycles. The lowest BCUT2D eigenvalue weighted by Gasteiger charge is -2.28. The first-order valence-corrected chi connectivity index (χ1v) is 5.36. The molecule has 1 aromatic rings. The number of halogens is 1. The molecule has 3 nitrogen and oxygen atoms in total. The molecule has 0 amide bonds. The average molecular weight is 225 g/mol. The van der Waals surface area contributed by atoms with Crippen molar-refractivity contribution in [2.24, 2.45) is 11.7 Å². The highest BCUT2D eigenvalue weighted by Crippen LogP contribution is 2.33. The van der Waals surface area contributed by atoms with Crippen molar-refractivity contribution >= 4 is 0 Å². The molecule has 0 fully saturated rings. The molecule has 1 heterocycles. The van der Waals surface area contributed by atoms with E-state index in [1.165, 1.54) is 13.2 Å². The van der Waals surface area contributed by atoms with Crippen LogP contribution in [0, 0.1) is 11.7 Å². The molecule has 0 saturated carbocycles. The molecule has 0 spiro atoms. The molecule has 1 aliphatic heterocycles. The van der Waals surface area contributed by atoms with Crippen molar-refractivity contribution in [2.45, 2.75) is 19.4 Å². The van der Waals surface area contributed by atoms with Gasteiger partial charge < -0.3 is 15.2 Å². The van der Waals surface area contributed by atoms with Crippen molar-refractivity contribution in [1.82, 2.24) is 0 Å². The van der Waals surface area contributed by atoms with Crippen molar-refractivity contribution in [1.29, 1.82) is 0 Å². The molecule has 0 aliphatic carbocycles. The highest BCUT2D eigenvalue weighted by Gasteiger charge is 2.24. The molecule has 1 unspecified atom stereocenters. The Morgan fingerprint density at radius 3 is 2.94 bits per heavy atom. The van der Waals surface area contributed by atoms with Gasteiger partial charge in [0.1, 0.15) is 5.75 Å². The Kier molecular flexibility index (Phi) is 3.01. The van der Waals surface area contributed by atoms with Crippen molar-refractivity contribution in [3.8, 4) is 11.5 Å². The maximum atomic E-state index is 13.5. The van der Waals surface area contributed by atoms with Gasteiger partial charge in [-0.3, -0.25) is 0 Å². The normalized spacial score (nSPS) is 20.9. The Balaban J connectivity index is 2.29. The fourth-order valence-electron chi connectivity index (χ4n) is 1.90. The van der Waals surface area contributed by atoms with Crippen LogP contribution < -0.4 is 15.2 Å². The Morgan fingerprint density at radius 1 is 1.56 bits per heavy atom. The molecule has 2 rings (SSSR count). The summed E-state index contributed by atoms with van der Waals surface area (Å²) in [4.78, 5) is 0. The van der Waals surface area contributed by atoms with Crippen molar-refractivity contribution in [3.05, 3.63) is 23.5 Å². The molecular weight excluding hydrogens is 209 g/mol. The van der Waals surface area contributed by atoms with Gasteiger partial charge in [-0.25, -0.2) is 4.39 Å². The monoisotopic (exact) mass is 225 g/mol. The largest absolute Gasteiger partial charge is 0.494 e. The van der Waals surface area contributed by atoms with Gasteiger partial charge in [0.15, 0.2) is 11.6 Å². The second-order valence-corrected chi connectivity index (χ2v) is 4.23. The first kappa shape index (κ1) is 11.2. The second-order valence-electron chi connectivity index (χ2n) is 4.23. The van der Waals surface area contributed by atoms with Crippen LogP contribution >= 0.6 is 0 Å². The lowest BCUT2D eigenvalue weighted by Crippen LogP contribution is -2.35. The van der Waals surface area contributed by atoms with E-state index in [9.17, 15) is 4.39 Å². The molecule has 0 radical (unpaired) electrons. The van der Waals surface area contributed by atoms with Gasteiger partial charge in [0.2, 0.25) is 0 Å². The van der Waals surface area contributed by atoms with Crippen LogP contribution in [0.3, 0.4) is 0 Å². The predicted molar refractivity (Wildman–Crippen MR) is 59.3 cm³/mol. The fourth-order valence-corrected chi connectivity index (χ4v) is 1.90. The van der Waals surface area contributed by atoms with E-state index in [1.807, 2.05) is 6.92 Å². The van der Waals surface area contributed by atoms with Crippen molar-refractivity contribution in [3.63, 3.8) is 0 Å². The van der Waals surface area contributed by atoms with Gasteiger partial charge >= 0.3 is 0 Å². The molecule has 88 valence electrons. The molecular formula is C12H16FNO2. The van der Waals surface area contributed by atoms with Gasteiger partial charge in [0.25, 0.3) is 0 Å². The summed E-state index contributed by atoms with van der Waals surface area (Å²) in [5.41, 5.74) is 6.69. The first-order chi connectivity index (χ1) is 7.61. The highest BCUT2D eigenvalue weighted by atomic mass is 19.1. The van der Waals surface area contributed by atoms with E-state index in [-0.39, 0.29) is 23.5 Å². The van der Waals surface area contributed by atoms with Crippen LogP contribution in [0.2, 0.25) is 0 Å². The standard InChI is InChI=1S/C12H16FNO2/c1-7(14)9-3-8-4-10(13)12(15-2)5-11(8)16-6-9/h4-5,7,9H,3,6,14H2,1-2H3/t7-,9?/m0/s1. The van der Waals surface area contributed by atoms with Crippen LogP contribution in [-0.4, -0.2) is 19.8 Å². The summed E-state index contributed by atoms with van der Waals surface area (Å²) in [7, 11) is 1.44. The summed E-state index contributed by atoms with van der Waals surface area (Å²) >= 11 is 0. The number of benzene rings is 1. The van der Waals surface area contributed by atoms with Gasteiger partial charge in [-0.2, -0.15) is 0 Å². The summed E-state index contributed by atoms with van der Waals surface area (Å²) in [5.74, 6) is 0.823. The Morgan fingerprint density at radius 2 is 2.31 bits per heavy atom. The van der Waals surface area contributed by atoms with Gasteiger partial charge in [-0.1, -0.05) is 0 Å². The second kappa shape index (κ2) is 4.29. The van der Waals surface area contributed by atoms with E-state index in [4.69, 9.17) is 15.2 Å². The summed E-state index contributed by atoms with van der Waals surface area (Å²) < 4.78 is 24.0. The molecule has 4 heteroatoms. The van der Waals surface area contributed by atoms with Gasteiger partial charge in [0.05, 0.1) is 13.7 Å². The third-order valence-electron chi connectivity index (χ3n) is 3.01. The average Bonchev–Trinajstić information content (AvgIpc) is 2.27. The molecule has 2 atom stereocenters. The van der Waals surface area contributed by atoms with Crippen LogP contribution in [0.4, 0.5) is 4.39 Å². The summed E-state index contributed by atoms with van der Waals surface area (Å²) in [5, 5.41) is 0. The van der Waals surface area contributed by atoms with Crippen molar-refractivity contribution in [2.75, 3.05) is 13.7 Å². The number of hydrogen-bond donors (Lipinski definition) is 1. The number of nitrogens with two attached hydrogens (primary N) is 1. The van der Waals surface area contributed by atoms with E-state index >= 15 is 0 Å². The summed E-state index contributed by atoms with van der Waals surface area (Å²) in [6.45, 7) is 2.53. The Hall–Kier alpha value is -1.29. The number of methoxy groups -OCH3 is 1. The highest BCUT2D eigenvalue weighted by molar-refractivity contribution is 5.43. The molecule has 0 aromatic heterocycles. The zero-order valence-corrected chi connectivity index (χ0v) is 9.50. The van der Waals surface area contributed by atoms with Crippen LogP contribution in [-0.2, 0) is 6.42 Å². The van der Waals surface area contributed by atoms with E-state index < -0.39 is 0 Å². The smallest absolute Gasteiger partial charge is 0.165 e. The number of ether oxygens (including phenoxy) is 2. The molecule has 0 saturated heterocycles. The first-order valence-electron chi connectivity index (χ1n) is 5.36. The third kappa shape index (κ3) is 1.97. The van der Waals surface area contributed by atoms with Crippen molar-refractivity contribution < 1.29 is 13.9 Å². The predicted octanol–water partition coefficient (Wildman–Crippen LogP) is 1.73. The van der Waals surface area contributed by atoms with Gasteiger partial charge in [-0.15, -0.1) is 0 Å². The SMILES string of the molecule is COc1cc2c(cc1F)CC([C@H](C)N)CO2. The Labute approximate surface area is 94.3 Å². The Bertz CT molecular complexity index is 393. The number of rotatable bonds is 2. The molecule has 16 heavy (non-hydrogen) atoms. The third-order valence-corrected chi connectivity index (χ3v) is 3.01. The minimum absolute atomic E-state index is 0.0540. The zero-order valence-electron chi connectivity index (χ0n) is 9.50. The lowest BCUT2D eigenvalue weighted by molar-refractivity contribution is 0.202. The van der Waals surface area contributed by atoms with E-state index in [2.05, 4.69) is 0 Å². The van der Waals surface area contributed by atoms with Gasteiger partial charge in [0, 0.05) is 18.0 Å². The van der Waals surface area contributed by atoms with Gasteiger partial charge in [-0.05, 0) is 25.0 Å². The molecule has 1 aliphatic rings. The molecule has 2 N–H and O–H groups in total. The maximum Gasteiger partial charge on any atom is 0.165 e. The fraction of sp³-hybridized carbons (Fsp3) is 0.500. The topological polar surface area (TPSA) is 44.5 Å². The van der Waals surface area contributed by atoms with Crippen LogP contribution in [0.5, 0.6) is 11.5 Å². The minimum atomic E-state index is -0.352. The van der Waals surface area contributed by atoms with Crippen LogP contribution in [0.1, 0.15) is 12.5 Å². The summed E-state index contributed by atoms with van der Waals surface area (Å²) in [6.07, 6.45) is 0.758. The number of hydrogen-bond acceptors (Lipinski definition) is 3. The van der Waals surface area contributed by atoms with E-state index in [0.717, 1.165) is 12.0 Å². The quantitative estimate of drug-likeness (QED) is 0.833. The lowest BCUT2D eigenvalue weighted by atomic mass is 9.91. The zero-order chi connectivity index (χ0) is 11.7.